The zero-order valence-electron chi connectivity index (χ0n) is 7.83. The summed E-state index contributed by atoms with van der Waals surface area (Å²) >= 11 is 0. The maximum absolute atomic E-state index is 8.75. The molecule has 66 valence electrons. The fourth-order valence-corrected chi connectivity index (χ4v) is 1.90. The van der Waals surface area contributed by atoms with Crippen LogP contribution in [-0.4, -0.2) is 0 Å². The predicted molar refractivity (Wildman–Crippen MR) is 52.3 cm³/mol. The first-order chi connectivity index (χ1) is 6.36. The third kappa shape index (κ3) is 1.45. The summed E-state index contributed by atoms with van der Waals surface area (Å²) in [6.45, 7) is 2.17. The molecule has 0 bridgehead atoms. The van der Waals surface area contributed by atoms with E-state index in [0.717, 1.165) is 12.8 Å². The van der Waals surface area contributed by atoms with Crippen LogP contribution in [0.25, 0.3) is 0 Å². The number of aryl methyl sites for hydroxylation is 1. The summed E-state index contributed by atoms with van der Waals surface area (Å²) in [5.41, 5.74) is 2.81. The molecule has 1 heteroatoms. The van der Waals surface area contributed by atoms with Gasteiger partial charge in [0.25, 0.3) is 0 Å². The Morgan fingerprint density at radius 2 is 2.23 bits per heavy atom. The van der Waals surface area contributed by atoms with Crippen LogP contribution in [0.2, 0.25) is 0 Å². The van der Waals surface area contributed by atoms with Gasteiger partial charge >= 0.3 is 0 Å². The molecule has 0 aromatic heterocycles. The highest BCUT2D eigenvalue weighted by Gasteiger charge is 2.39. The van der Waals surface area contributed by atoms with Gasteiger partial charge in [0.1, 0.15) is 0 Å². The molecule has 0 spiro atoms. The molecule has 1 nitrogen and oxygen atoms in total. The molecule has 2 atom stereocenters. The Kier molecular flexibility index (Phi) is 2.06. The van der Waals surface area contributed by atoms with Gasteiger partial charge in [0.2, 0.25) is 0 Å². The Bertz CT molecular complexity index is 348. The van der Waals surface area contributed by atoms with E-state index in [1.807, 2.05) is 0 Å². The number of nitriles is 1. The first-order valence-electron chi connectivity index (χ1n) is 4.84. The fourth-order valence-electron chi connectivity index (χ4n) is 1.90. The van der Waals surface area contributed by atoms with Crippen molar-refractivity contribution in [3.05, 3.63) is 35.4 Å². The SMILES string of the molecule is CCc1ccccc1[C@@H]1C[C@@H]1C#N. The molecule has 2 rings (SSSR count). The Labute approximate surface area is 79.0 Å². The van der Waals surface area contributed by atoms with Crippen molar-refractivity contribution in [3.63, 3.8) is 0 Å². The normalized spacial score (nSPS) is 25.2. The third-order valence-corrected chi connectivity index (χ3v) is 2.79. The topological polar surface area (TPSA) is 23.8 Å². The minimum absolute atomic E-state index is 0.285. The molecule has 1 fully saturated rings. The second-order valence-corrected chi connectivity index (χ2v) is 3.63. The van der Waals surface area contributed by atoms with E-state index in [1.54, 1.807) is 0 Å². The lowest BCUT2D eigenvalue weighted by atomic mass is 10.0. The van der Waals surface area contributed by atoms with Crippen LogP contribution in [0.3, 0.4) is 0 Å². The maximum Gasteiger partial charge on any atom is 0.0662 e. The lowest BCUT2D eigenvalue weighted by molar-refractivity contribution is 0.977. The standard InChI is InChI=1S/C12H13N/c1-2-9-5-3-4-6-11(9)12-7-10(12)8-13/h3-6,10,12H,2,7H2,1H3/t10-,12-/m1/s1. The van der Waals surface area contributed by atoms with Crippen LogP contribution < -0.4 is 0 Å². The summed E-state index contributed by atoms with van der Waals surface area (Å²) in [5.74, 6) is 0.814. The van der Waals surface area contributed by atoms with E-state index >= 15 is 0 Å². The Morgan fingerprint density at radius 1 is 1.46 bits per heavy atom. The number of hydrogen-bond donors (Lipinski definition) is 0. The molecule has 0 amide bonds. The van der Waals surface area contributed by atoms with Crippen LogP contribution in [0.1, 0.15) is 30.4 Å². The van der Waals surface area contributed by atoms with Crippen LogP contribution in [-0.2, 0) is 6.42 Å². The van der Waals surface area contributed by atoms with Gasteiger partial charge in [-0.2, -0.15) is 5.26 Å². The van der Waals surface area contributed by atoms with Gasteiger partial charge in [-0.1, -0.05) is 31.2 Å². The average Bonchev–Trinajstić information content (AvgIpc) is 2.96. The molecule has 0 radical (unpaired) electrons. The highest BCUT2D eigenvalue weighted by atomic mass is 14.4. The van der Waals surface area contributed by atoms with Crippen molar-refractivity contribution in [1.82, 2.24) is 0 Å². The largest absolute Gasteiger partial charge is 0.198 e. The van der Waals surface area contributed by atoms with Gasteiger partial charge in [0.05, 0.1) is 12.0 Å². The van der Waals surface area contributed by atoms with Crippen LogP contribution in [0.5, 0.6) is 0 Å². The van der Waals surface area contributed by atoms with Crippen LogP contribution in [0.4, 0.5) is 0 Å². The molecule has 1 aromatic rings. The van der Waals surface area contributed by atoms with Gasteiger partial charge in [0.15, 0.2) is 0 Å². The Morgan fingerprint density at radius 3 is 2.85 bits per heavy atom. The molecule has 1 saturated carbocycles. The third-order valence-electron chi connectivity index (χ3n) is 2.79. The van der Waals surface area contributed by atoms with Gasteiger partial charge < -0.3 is 0 Å². The molecular weight excluding hydrogens is 158 g/mol. The van der Waals surface area contributed by atoms with Crippen molar-refractivity contribution in [2.24, 2.45) is 5.92 Å². The zero-order valence-corrected chi connectivity index (χ0v) is 7.83. The Hall–Kier alpha value is -1.29. The molecule has 1 aromatic carbocycles. The van der Waals surface area contributed by atoms with Crippen LogP contribution in [0, 0.1) is 17.2 Å². The molecule has 0 saturated heterocycles. The van der Waals surface area contributed by atoms with Crippen LogP contribution in [0.15, 0.2) is 24.3 Å². The fraction of sp³-hybridized carbons (Fsp3) is 0.417. The molecular formula is C12H13N. The lowest BCUT2D eigenvalue weighted by Gasteiger charge is -2.04. The monoisotopic (exact) mass is 171 g/mol. The van der Waals surface area contributed by atoms with E-state index in [-0.39, 0.29) is 5.92 Å². The summed E-state index contributed by atoms with van der Waals surface area (Å²) in [6, 6.07) is 10.8. The van der Waals surface area contributed by atoms with Crippen molar-refractivity contribution < 1.29 is 0 Å². The van der Waals surface area contributed by atoms with Crippen molar-refractivity contribution in [2.45, 2.75) is 25.7 Å². The van der Waals surface area contributed by atoms with E-state index < -0.39 is 0 Å². The maximum atomic E-state index is 8.75. The predicted octanol–water partition coefficient (Wildman–Crippen LogP) is 2.88. The van der Waals surface area contributed by atoms with Crippen molar-refractivity contribution in [1.29, 1.82) is 5.26 Å². The van der Waals surface area contributed by atoms with Gasteiger partial charge in [-0.3, -0.25) is 0 Å². The lowest BCUT2D eigenvalue weighted by Crippen LogP contribution is -1.90. The average molecular weight is 171 g/mol. The number of rotatable bonds is 2. The number of hydrogen-bond acceptors (Lipinski definition) is 1. The molecule has 0 aliphatic heterocycles. The molecule has 1 aliphatic rings. The van der Waals surface area contributed by atoms with Crippen molar-refractivity contribution in [3.8, 4) is 6.07 Å². The Balaban J connectivity index is 2.26. The van der Waals surface area contributed by atoms with E-state index in [2.05, 4.69) is 37.3 Å². The van der Waals surface area contributed by atoms with E-state index in [0.29, 0.717) is 5.92 Å². The highest BCUT2D eigenvalue weighted by Crippen LogP contribution is 2.47. The minimum Gasteiger partial charge on any atom is -0.198 e. The summed E-state index contributed by atoms with van der Waals surface area (Å²) in [6.07, 6.45) is 2.14. The van der Waals surface area contributed by atoms with Crippen LogP contribution >= 0.6 is 0 Å². The number of benzene rings is 1. The quantitative estimate of drug-likeness (QED) is 0.671. The minimum atomic E-state index is 0.285. The zero-order chi connectivity index (χ0) is 9.26. The highest BCUT2D eigenvalue weighted by molar-refractivity contribution is 5.36. The second-order valence-electron chi connectivity index (χ2n) is 3.63. The first-order valence-corrected chi connectivity index (χ1v) is 4.84. The van der Waals surface area contributed by atoms with E-state index in [4.69, 9.17) is 5.26 Å². The summed E-state index contributed by atoms with van der Waals surface area (Å²) in [5, 5.41) is 8.75. The summed E-state index contributed by atoms with van der Waals surface area (Å²) < 4.78 is 0. The van der Waals surface area contributed by atoms with Gasteiger partial charge in [-0.15, -0.1) is 0 Å². The molecule has 13 heavy (non-hydrogen) atoms. The molecule has 1 aliphatic carbocycles. The first kappa shape index (κ1) is 8.31. The van der Waals surface area contributed by atoms with E-state index in [9.17, 15) is 0 Å². The van der Waals surface area contributed by atoms with Gasteiger partial charge in [-0.05, 0) is 24.0 Å². The molecule has 0 unspecified atom stereocenters. The summed E-state index contributed by atoms with van der Waals surface area (Å²) in [4.78, 5) is 0. The molecule has 0 heterocycles. The number of nitrogens with zero attached hydrogens (tertiary/aromatic N) is 1. The second kappa shape index (κ2) is 3.22. The van der Waals surface area contributed by atoms with Gasteiger partial charge in [0, 0.05) is 5.92 Å². The summed E-state index contributed by atoms with van der Waals surface area (Å²) in [7, 11) is 0. The van der Waals surface area contributed by atoms with E-state index in [1.165, 1.54) is 11.1 Å². The van der Waals surface area contributed by atoms with Crippen molar-refractivity contribution in [2.75, 3.05) is 0 Å². The molecule has 0 N–H and O–H groups in total. The van der Waals surface area contributed by atoms with Crippen molar-refractivity contribution >= 4 is 0 Å². The van der Waals surface area contributed by atoms with Gasteiger partial charge in [-0.25, -0.2) is 0 Å². The smallest absolute Gasteiger partial charge is 0.0662 e.